The van der Waals surface area contributed by atoms with Crippen LogP contribution in [0.3, 0.4) is 0 Å². The molecule has 26 nitrogen and oxygen atoms in total. The zero-order valence-electron chi connectivity index (χ0n) is 66.7. The Bertz CT molecular complexity index is 4270. The molecule has 2 fully saturated rings. The van der Waals surface area contributed by atoms with Gasteiger partial charge in [0, 0.05) is 120 Å². The summed E-state index contributed by atoms with van der Waals surface area (Å²) in [6.45, 7) is 5.50. The predicted molar refractivity (Wildman–Crippen MR) is 423 cm³/mol. The van der Waals surface area contributed by atoms with Crippen molar-refractivity contribution < 1.29 is 81.0 Å². The molecule has 2 saturated heterocycles. The van der Waals surface area contributed by atoms with Gasteiger partial charge in [-0.25, -0.2) is 4.39 Å². The second-order valence-corrected chi connectivity index (χ2v) is 32.1. The lowest BCUT2D eigenvalue weighted by Crippen LogP contribution is -2.63. The van der Waals surface area contributed by atoms with E-state index in [2.05, 4.69) is 53.0 Å². The van der Waals surface area contributed by atoms with Crippen LogP contribution >= 0.6 is 0 Å². The minimum atomic E-state index is -1.84. The second kappa shape index (κ2) is 40.1. The third-order valence-electron chi connectivity index (χ3n) is 22.3. The number of allylic oxidation sites excluding steroid dienone is 2. The average molecular weight is 1560 g/mol. The minimum absolute atomic E-state index is 0. The maximum atomic E-state index is 16.3. The molecule has 9 amide bonds. The van der Waals surface area contributed by atoms with Crippen molar-refractivity contribution in [1.29, 1.82) is 0 Å². The molecule has 0 unspecified atom stereocenters. The number of aromatic nitrogens is 1. The van der Waals surface area contributed by atoms with E-state index in [1.807, 2.05) is 41.0 Å². The molecule has 27 heteroatoms. The number of benzene rings is 4. The number of unbranched alkanes of at least 4 members (excludes halogenated alkanes) is 2. The zero-order valence-corrected chi connectivity index (χ0v) is 66.7. The number of carbonyl (C=O) groups is 12. The van der Waals surface area contributed by atoms with E-state index >= 15 is 33.2 Å². The molecule has 1 aromatic heterocycles. The predicted octanol–water partition coefficient (Wildman–Crippen LogP) is 6.20. The van der Waals surface area contributed by atoms with Crippen LogP contribution in [0, 0.1) is 25.1 Å². The van der Waals surface area contributed by atoms with Gasteiger partial charge in [-0.15, -0.1) is 0 Å². The quantitative estimate of drug-likeness (QED) is 0.0299. The number of quaternary nitrogens is 1. The third-order valence-corrected chi connectivity index (χ3v) is 22.3. The molecule has 6 aliphatic heterocycles. The number of halogens is 1. The Balaban J connectivity index is 0.0000146. The molecule has 11 rings (SSSR count). The van der Waals surface area contributed by atoms with E-state index in [1.165, 1.54) is 42.9 Å². The average Bonchev–Trinajstić information content (AvgIpc) is 1.63. The number of aliphatic hydroxyl groups is 1. The summed E-state index contributed by atoms with van der Waals surface area (Å²) < 4.78 is 30.2. The maximum absolute atomic E-state index is 16.3. The number of rotatable bonds is 13. The standard InChI is InChI=1S/C85H110FN11O15.CH3/c1-54-43-65(100)28-33-75(103)94-39-13-9-8-12-38-93-52-62(67-49-63(86)26-32-71(67)93)47-61-48-72(101)69(90-79(105)68(89-78(54)104)31-27-64(99)19-11-10-14-42-97(4,5)6)46-59-17-15-18-60(44-59)50-88-74(102)53-112-73-35-41-95(82(61)108)77(73)81(107)92-76(55(2)98)80(106)91-70(45-57-24-29-66(111-7)30-25-57)83(109)96-40-16-36-85(96,3)84(110)87-37-34-56-20-22-58(51-94)23-21-56;/h8,12,15,17-18,20-26,29-30,32,44,49,52,54-55,61,68-70,73,76-77,98H,9-11,13-14,16,19,27-28,31,33-43,45-48,50-51,53H2,1-7H3,(H5-,87,88,89,90,91,92,102,104,105,106,107,110);1H3/q;-1/p+1/t54-,55-,61-,68-,69+,70+,73+,76+,77+,85+;/m1./s1. The molecule has 7 N–H and O–H groups in total. The first-order chi connectivity index (χ1) is 53.5. The van der Waals surface area contributed by atoms with E-state index in [9.17, 15) is 33.9 Å². The molecule has 0 radical (unpaired) electrons. The van der Waals surface area contributed by atoms with Crippen molar-refractivity contribution >= 4 is 81.4 Å². The molecule has 0 aliphatic carbocycles. The molecule has 10 atom stereocenters. The van der Waals surface area contributed by atoms with Crippen LogP contribution in [0.4, 0.5) is 4.39 Å². The van der Waals surface area contributed by atoms with Crippen molar-refractivity contribution in [3.63, 3.8) is 0 Å². The number of aliphatic hydroxyl groups excluding tert-OH is 1. The van der Waals surface area contributed by atoms with Gasteiger partial charge in [0.25, 0.3) is 0 Å². The maximum Gasteiger partial charge on any atom is 0.246 e. The van der Waals surface area contributed by atoms with Crippen LogP contribution in [0.5, 0.6) is 5.75 Å². The van der Waals surface area contributed by atoms with Crippen LogP contribution < -0.4 is 36.6 Å². The molecule has 5 aromatic rings. The molecule has 610 valence electrons. The highest BCUT2D eigenvalue weighted by atomic mass is 19.1. The van der Waals surface area contributed by atoms with Gasteiger partial charge in [0.15, 0.2) is 5.78 Å². The highest BCUT2D eigenvalue weighted by Crippen LogP contribution is 2.34. The second-order valence-electron chi connectivity index (χ2n) is 32.1. The van der Waals surface area contributed by atoms with Crippen LogP contribution in [0.25, 0.3) is 10.9 Å². The van der Waals surface area contributed by atoms with Gasteiger partial charge in [0.2, 0.25) is 53.2 Å². The van der Waals surface area contributed by atoms with Crippen molar-refractivity contribution in [2.45, 2.75) is 210 Å². The topological polar surface area (TPSA) is 330 Å². The van der Waals surface area contributed by atoms with Gasteiger partial charge in [-0.1, -0.05) is 79.7 Å². The molecule has 4 aromatic carbocycles. The van der Waals surface area contributed by atoms with E-state index in [0.29, 0.717) is 77.6 Å². The number of hydrogen-bond acceptors (Lipinski definition) is 15. The number of ether oxygens (including phenoxy) is 2. The fraction of sp³-hybridized carbons (Fsp3) is 0.523. The van der Waals surface area contributed by atoms with Crippen LogP contribution in [-0.4, -0.2) is 215 Å². The SMILES string of the molecule is COc1ccc(C[C@@H]2NC(=O)[C@H]([C@@H](C)O)NC(=O)[C@@H]3[C@@H]4CCN3C(=O)[C@H]3CC(=O)[C@H](Cc5cccc(c5)CNC(=O)CO4)NC(=O)[C@@H](CCC(=O)CCCCC[N+](C)(C)C)NC(=O)[C@H](C)CC(=O)CCC(=O)N(CCCC=CCn4cc(c5cc(F)ccc54)C3)Cc3ccc(cc3)CCNC(=O)[C@]3(C)CCCN3C2=O)cc1.[CH3-]. The first-order valence-corrected chi connectivity index (χ1v) is 39.6. The van der Waals surface area contributed by atoms with Crippen molar-refractivity contribution in [3.8, 4) is 5.75 Å². The van der Waals surface area contributed by atoms with E-state index in [0.717, 1.165) is 35.0 Å². The zero-order chi connectivity index (χ0) is 80.4. The summed E-state index contributed by atoms with van der Waals surface area (Å²) in [5.41, 5.74) is 2.92. The van der Waals surface area contributed by atoms with Gasteiger partial charge in [-0.05, 0) is 155 Å². The summed E-state index contributed by atoms with van der Waals surface area (Å²) in [7, 11) is 7.76. The summed E-state index contributed by atoms with van der Waals surface area (Å²) in [5.74, 6) is -10.1. The summed E-state index contributed by atoms with van der Waals surface area (Å²) in [6.07, 6.45) is 4.96. The molecular formula is C86H114FN11O15. The van der Waals surface area contributed by atoms with Crippen molar-refractivity contribution in [2.24, 2.45) is 11.8 Å². The van der Waals surface area contributed by atoms with Crippen molar-refractivity contribution in [2.75, 3.05) is 67.6 Å². The Labute approximate surface area is 662 Å². The molecule has 0 spiro atoms. The van der Waals surface area contributed by atoms with Gasteiger partial charge in [-0.3, -0.25) is 57.5 Å². The molecule has 12 bridgehead atoms. The number of nitrogens with one attached hydrogen (secondary N) is 6. The lowest BCUT2D eigenvalue weighted by Gasteiger charge is -2.37. The van der Waals surface area contributed by atoms with Crippen LogP contribution in [0.15, 0.2) is 109 Å². The van der Waals surface area contributed by atoms with Gasteiger partial charge in [0.05, 0.1) is 53.0 Å². The molecule has 7 heterocycles. The van der Waals surface area contributed by atoms with Crippen LogP contribution in [-0.2, 0) is 108 Å². The number of nitrogens with zero attached hydrogens (tertiary/aromatic N) is 5. The number of amides is 9. The van der Waals surface area contributed by atoms with Crippen LogP contribution in [0.2, 0.25) is 0 Å². The van der Waals surface area contributed by atoms with Gasteiger partial charge >= 0.3 is 0 Å². The highest BCUT2D eigenvalue weighted by molar-refractivity contribution is 6.00. The Kier molecular flexibility index (Phi) is 30.9. The lowest BCUT2D eigenvalue weighted by atomic mass is 9.88. The van der Waals surface area contributed by atoms with Gasteiger partial charge in [-0.2, -0.15) is 0 Å². The lowest BCUT2D eigenvalue weighted by molar-refractivity contribution is -0.870. The minimum Gasteiger partial charge on any atom is -0.497 e. The van der Waals surface area contributed by atoms with E-state index in [1.54, 1.807) is 72.6 Å². The van der Waals surface area contributed by atoms with E-state index in [-0.39, 0.29) is 135 Å². The fourth-order valence-corrected chi connectivity index (χ4v) is 15.8. The van der Waals surface area contributed by atoms with Crippen molar-refractivity contribution in [3.05, 3.63) is 156 Å². The molecule has 6 aliphatic rings. The number of fused-ring (bicyclic) bond motifs is 16. The van der Waals surface area contributed by atoms with Gasteiger partial charge in [0.1, 0.15) is 59.4 Å². The smallest absolute Gasteiger partial charge is 0.246 e. The van der Waals surface area contributed by atoms with E-state index in [4.69, 9.17) is 9.47 Å². The van der Waals surface area contributed by atoms with Crippen LogP contribution in [0.1, 0.15) is 150 Å². The van der Waals surface area contributed by atoms with E-state index < -0.39 is 132 Å². The number of carbonyl (C=O) groups excluding carboxylic acids is 12. The molecular weight excluding hydrogens is 1450 g/mol. The number of ketones is 3. The Morgan fingerprint density at radius 3 is 2.21 bits per heavy atom. The Morgan fingerprint density at radius 1 is 0.726 bits per heavy atom. The number of hydrogen-bond donors (Lipinski definition) is 7. The largest absolute Gasteiger partial charge is 0.497 e. The summed E-state index contributed by atoms with van der Waals surface area (Å²) in [5, 5.41) is 29.2. The summed E-state index contributed by atoms with van der Waals surface area (Å²) in [6, 6.07) is 17.7. The number of Topliss-reactive ketones (excluding diaryl/α,β-unsaturated/α-hetero) is 3. The molecule has 113 heavy (non-hydrogen) atoms. The molecule has 0 saturated carbocycles. The monoisotopic (exact) mass is 1560 g/mol. The highest BCUT2D eigenvalue weighted by Gasteiger charge is 2.50. The van der Waals surface area contributed by atoms with Gasteiger partial charge < -0.3 is 77.7 Å². The van der Waals surface area contributed by atoms with Crippen molar-refractivity contribution in [1.82, 2.24) is 51.2 Å². The first kappa shape index (κ1) is 87.0. The fourth-order valence-electron chi connectivity index (χ4n) is 15.8. The third kappa shape index (κ3) is 23.8. The summed E-state index contributed by atoms with van der Waals surface area (Å²) in [4.78, 5) is 183. The Hall–Kier alpha value is -9.99. The summed E-state index contributed by atoms with van der Waals surface area (Å²) >= 11 is 0. The number of methoxy groups -OCH3 is 1. The first-order valence-electron chi connectivity index (χ1n) is 39.6. The normalized spacial score (nSPS) is 24.7. The Morgan fingerprint density at radius 2 is 1.47 bits per heavy atom.